The molecule has 1 aromatic carbocycles. The number of carbonyl (C=O) groups excluding carboxylic acids is 1. The predicted molar refractivity (Wildman–Crippen MR) is 70.0 cm³/mol. The van der Waals surface area contributed by atoms with Crippen molar-refractivity contribution in [3.63, 3.8) is 0 Å². The number of benzene rings is 1. The highest BCUT2D eigenvalue weighted by molar-refractivity contribution is 7.99. The number of aryl methyl sites for hydroxylation is 2. The Bertz CT molecular complexity index is 397. The second-order valence-electron chi connectivity index (χ2n) is 4.37. The molecular formula is C13H17NOS. The zero-order chi connectivity index (χ0) is 11.5. The van der Waals surface area contributed by atoms with Crippen molar-refractivity contribution in [2.45, 2.75) is 20.3 Å². The minimum Gasteiger partial charge on any atom is -0.326 e. The summed E-state index contributed by atoms with van der Waals surface area (Å²) in [5.74, 6) is 2.46. The molecule has 1 aliphatic rings. The van der Waals surface area contributed by atoms with Crippen molar-refractivity contribution >= 4 is 23.4 Å². The van der Waals surface area contributed by atoms with Crippen LogP contribution in [0.25, 0.3) is 0 Å². The lowest BCUT2D eigenvalue weighted by atomic mass is 10.1. The maximum Gasteiger partial charge on any atom is 0.228 e. The summed E-state index contributed by atoms with van der Waals surface area (Å²) in [6.07, 6.45) is 1.02. The van der Waals surface area contributed by atoms with Crippen LogP contribution < -0.4 is 5.32 Å². The lowest BCUT2D eigenvalue weighted by molar-refractivity contribution is -0.119. The first-order valence-corrected chi connectivity index (χ1v) is 6.78. The molecule has 1 N–H and O–H groups in total. The summed E-state index contributed by atoms with van der Waals surface area (Å²) in [5, 5.41) is 3.03. The molecule has 2 nitrogen and oxygen atoms in total. The van der Waals surface area contributed by atoms with E-state index in [1.807, 2.05) is 30.8 Å². The molecule has 2 rings (SSSR count). The highest BCUT2D eigenvalue weighted by Gasteiger charge is 2.23. The molecule has 0 spiro atoms. The van der Waals surface area contributed by atoms with E-state index in [0.717, 1.165) is 29.2 Å². The third kappa shape index (κ3) is 2.59. The van der Waals surface area contributed by atoms with E-state index in [9.17, 15) is 4.79 Å². The third-order valence-electron chi connectivity index (χ3n) is 2.94. The van der Waals surface area contributed by atoms with E-state index >= 15 is 0 Å². The van der Waals surface area contributed by atoms with Crippen LogP contribution in [0.5, 0.6) is 0 Å². The van der Waals surface area contributed by atoms with Gasteiger partial charge in [0.1, 0.15) is 0 Å². The fourth-order valence-corrected chi connectivity index (χ4v) is 3.15. The van der Waals surface area contributed by atoms with Crippen LogP contribution in [0.1, 0.15) is 17.5 Å². The first-order valence-electron chi connectivity index (χ1n) is 5.62. The monoisotopic (exact) mass is 235 g/mol. The number of carbonyl (C=O) groups is 1. The van der Waals surface area contributed by atoms with E-state index in [4.69, 9.17) is 0 Å². The van der Waals surface area contributed by atoms with E-state index in [1.54, 1.807) is 0 Å². The van der Waals surface area contributed by atoms with Gasteiger partial charge in [-0.05, 0) is 37.7 Å². The van der Waals surface area contributed by atoms with Gasteiger partial charge in [-0.25, -0.2) is 0 Å². The normalized spacial score (nSPS) is 19.8. The molecule has 86 valence electrons. The fraction of sp³-hybridized carbons (Fsp3) is 0.462. The molecule has 0 radical (unpaired) electrons. The van der Waals surface area contributed by atoms with Crippen molar-refractivity contribution in [1.29, 1.82) is 0 Å². The molecule has 0 aromatic heterocycles. The van der Waals surface area contributed by atoms with Crippen LogP contribution >= 0.6 is 11.8 Å². The zero-order valence-electron chi connectivity index (χ0n) is 9.75. The molecule has 0 saturated carbocycles. The molecule has 1 amide bonds. The summed E-state index contributed by atoms with van der Waals surface area (Å²) in [6, 6.07) is 6.12. The van der Waals surface area contributed by atoms with Crippen molar-refractivity contribution in [2.24, 2.45) is 5.92 Å². The Morgan fingerprint density at radius 2 is 2.25 bits per heavy atom. The second kappa shape index (κ2) is 4.91. The lowest BCUT2D eigenvalue weighted by Crippen LogP contribution is -2.22. The number of hydrogen-bond donors (Lipinski definition) is 1. The fourth-order valence-electron chi connectivity index (χ4n) is 1.93. The SMILES string of the molecule is Cc1ccc(NC(=O)C2CCSC2)c(C)c1. The Labute approximate surface area is 101 Å². The number of amides is 1. The van der Waals surface area contributed by atoms with Gasteiger partial charge >= 0.3 is 0 Å². The van der Waals surface area contributed by atoms with Crippen LogP contribution in [0.15, 0.2) is 18.2 Å². The minimum atomic E-state index is 0.178. The molecule has 0 bridgehead atoms. The molecule has 1 aliphatic heterocycles. The van der Waals surface area contributed by atoms with Gasteiger partial charge in [0, 0.05) is 17.4 Å². The molecule has 1 aromatic rings. The number of rotatable bonds is 2. The van der Waals surface area contributed by atoms with E-state index < -0.39 is 0 Å². The first-order chi connectivity index (χ1) is 7.66. The van der Waals surface area contributed by atoms with E-state index in [-0.39, 0.29) is 11.8 Å². The van der Waals surface area contributed by atoms with Crippen LogP contribution in [0.4, 0.5) is 5.69 Å². The number of nitrogens with one attached hydrogen (secondary N) is 1. The number of thioether (sulfide) groups is 1. The van der Waals surface area contributed by atoms with Gasteiger partial charge in [-0.1, -0.05) is 17.7 Å². The Morgan fingerprint density at radius 3 is 2.88 bits per heavy atom. The second-order valence-corrected chi connectivity index (χ2v) is 5.52. The van der Waals surface area contributed by atoms with Gasteiger partial charge in [0.15, 0.2) is 0 Å². The summed E-state index contributed by atoms with van der Waals surface area (Å²) in [5.41, 5.74) is 3.32. The summed E-state index contributed by atoms with van der Waals surface area (Å²) in [6.45, 7) is 4.10. The molecule has 16 heavy (non-hydrogen) atoms. The van der Waals surface area contributed by atoms with Gasteiger partial charge in [-0.3, -0.25) is 4.79 Å². The van der Waals surface area contributed by atoms with Crippen molar-refractivity contribution in [1.82, 2.24) is 0 Å². The predicted octanol–water partition coefficient (Wildman–Crippen LogP) is 3.00. The first kappa shape index (κ1) is 11.5. The Morgan fingerprint density at radius 1 is 1.44 bits per heavy atom. The van der Waals surface area contributed by atoms with Crippen LogP contribution in [-0.2, 0) is 4.79 Å². The lowest BCUT2D eigenvalue weighted by Gasteiger charge is -2.12. The van der Waals surface area contributed by atoms with Gasteiger partial charge in [0.05, 0.1) is 0 Å². The van der Waals surface area contributed by atoms with Crippen LogP contribution in [0, 0.1) is 19.8 Å². The molecule has 1 saturated heterocycles. The van der Waals surface area contributed by atoms with Crippen molar-refractivity contribution in [3.8, 4) is 0 Å². The Kier molecular flexibility index (Phi) is 3.54. The number of anilines is 1. The number of hydrogen-bond acceptors (Lipinski definition) is 2. The molecule has 1 fully saturated rings. The standard InChI is InChI=1S/C13H17NOS/c1-9-3-4-12(10(2)7-9)14-13(15)11-5-6-16-8-11/h3-4,7,11H,5-6,8H2,1-2H3,(H,14,15). The summed E-state index contributed by atoms with van der Waals surface area (Å²) in [4.78, 5) is 11.9. The van der Waals surface area contributed by atoms with Crippen LogP contribution in [0.2, 0.25) is 0 Å². The quantitative estimate of drug-likeness (QED) is 0.853. The highest BCUT2D eigenvalue weighted by Crippen LogP contribution is 2.25. The van der Waals surface area contributed by atoms with E-state index in [0.29, 0.717) is 0 Å². The largest absolute Gasteiger partial charge is 0.326 e. The molecule has 1 heterocycles. The third-order valence-corrected chi connectivity index (χ3v) is 4.10. The van der Waals surface area contributed by atoms with Crippen LogP contribution in [-0.4, -0.2) is 17.4 Å². The molecule has 1 atom stereocenters. The Hall–Kier alpha value is -0.960. The maximum atomic E-state index is 11.9. The zero-order valence-corrected chi connectivity index (χ0v) is 10.6. The van der Waals surface area contributed by atoms with E-state index in [2.05, 4.69) is 18.3 Å². The van der Waals surface area contributed by atoms with Gasteiger partial charge in [0.2, 0.25) is 5.91 Å². The Balaban J connectivity index is 2.05. The van der Waals surface area contributed by atoms with Crippen molar-refractivity contribution in [2.75, 3.05) is 16.8 Å². The average Bonchev–Trinajstić information content (AvgIpc) is 2.75. The summed E-state index contributed by atoms with van der Waals surface area (Å²) < 4.78 is 0. The highest BCUT2D eigenvalue weighted by atomic mass is 32.2. The summed E-state index contributed by atoms with van der Waals surface area (Å²) >= 11 is 1.87. The molecule has 1 unspecified atom stereocenters. The van der Waals surface area contributed by atoms with Gasteiger partial charge in [0.25, 0.3) is 0 Å². The summed E-state index contributed by atoms with van der Waals surface area (Å²) in [7, 11) is 0. The van der Waals surface area contributed by atoms with Gasteiger partial charge < -0.3 is 5.32 Å². The van der Waals surface area contributed by atoms with Crippen molar-refractivity contribution < 1.29 is 4.79 Å². The molecular weight excluding hydrogens is 218 g/mol. The maximum absolute atomic E-state index is 11.9. The molecule has 0 aliphatic carbocycles. The average molecular weight is 235 g/mol. The topological polar surface area (TPSA) is 29.1 Å². The van der Waals surface area contributed by atoms with Crippen molar-refractivity contribution in [3.05, 3.63) is 29.3 Å². The smallest absolute Gasteiger partial charge is 0.228 e. The van der Waals surface area contributed by atoms with Crippen LogP contribution in [0.3, 0.4) is 0 Å². The van der Waals surface area contributed by atoms with Gasteiger partial charge in [-0.15, -0.1) is 0 Å². The minimum absolute atomic E-state index is 0.178. The molecule has 3 heteroatoms. The van der Waals surface area contributed by atoms with Gasteiger partial charge in [-0.2, -0.15) is 11.8 Å². The van der Waals surface area contributed by atoms with E-state index in [1.165, 1.54) is 5.56 Å².